The third-order valence-corrected chi connectivity index (χ3v) is 3.39. The van der Waals surface area contributed by atoms with Crippen LogP contribution in [-0.2, 0) is 5.33 Å². The zero-order valence-electron chi connectivity index (χ0n) is 10.6. The number of aryl methyl sites for hydroxylation is 1. The van der Waals surface area contributed by atoms with Gasteiger partial charge in [0.05, 0.1) is 0 Å². The zero-order chi connectivity index (χ0) is 12.0. The minimum absolute atomic E-state index is 0.940. The lowest BCUT2D eigenvalue weighted by molar-refractivity contribution is 0.742. The molecule has 0 amide bonds. The fourth-order valence-corrected chi connectivity index (χ4v) is 2.40. The molecule has 0 aliphatic carbocycles. The van der Waals surface area contributed by atoms with Crippen LogP contribution >= 0.6 is 15.9 Å². The molecule has 1 aromatic carbocycles. The van der Waals surface area contributed by atoms with Crippen molar-refractivity contribution in [3.63, 3.8) is 0 Å². The molecule has 0 heterocycles. The van der Waals surface area contributed by atoms with E-state index in [0.717, 1.165) is 18.4 Å². The Hall–Kier alpha value is -0.500. The summed E-state index contributed by atoms with van der Waals surface area (Å²) in [6.45, 7) is 9.00. The van der Waals surface area contributed by atoms with Crippen LogP contribution in [0.4, 0.5) is 5.69 Å². The van der Waals surface area contributed by atoms with Gasteiger partial charge in [-0.1, -0.05) is 41.9 Å². The molecule has 0 radical (unpaired) electrons. The lowest BCUT2D eigenvalue weighted by atomic mass is 10.1. The lowest BCUT2D eigenvalue weighted by Gasteiger charge is -2.25. The Morgan fingerprint density at radius 2 is 1.75 bits per heavy atom. The van der Waals surface area contributed by atoms with Gasteiger partial charge in [-0.05, 0) is 37.0 Å². The predicted octanol–water partition coefficient (Wildman–Crippen LogP) is 4.52. The van der Waals surface area contributed by atoms with Crippen LogP contribution in [-0.4, -0.2) is 13.1 Å². The molecule has 0 aliphatic heterocycles. The normalized spacial score (nSPS) is 10.5. The summed E-state index contributed by atoms with van der Waals surface area (Å²) in [7, 11) is 0. The molecule has 0 aliphatic rings. The van der Waals surface area contributed by atoms with Gasteiger partial charge in [-0.15, -0.1) is 0 Å². The van der Waals surface area contributed by atoms with Crippen molar-refractivity contribution in [2.75, 3.05) is 18.0 Å². The highest BCUT2D eigenvalue weighted by molar-refractivity contribution is 9.08. The number of hydrogen-bond acceptors (Lipinski definition) is 1. The molecule has 90 valence electrons. The van der Waals surface area contributed by atoms with Crippen molar-refractivity contribution in [2.24, 2.45) is 0 Å². The number of nitrogens with zero attached hydrogens (tertiary/aromatic N) is 1. The first-order valence-electron chi connectivity index (χ1n) is 6.13. The largest absolute Gasteiger partial charge is 0.371 e. The van der Waals surface area contributed by atoms with Crippen LogP contribution in [0.5, 0.6) is 0 Å². The Balaban J connectivity index is 2.90. The van der Waals surface area contributed by atoms with Gasteiger partial charge in [-0.3, -0.25) is 0 Å². The van der Waals surface area contributed by atoms with Crippen molar-refractivity contribution in [1.29, 1.82) is 0 Å². The standard InChI is InChI=1S/C14H22BrN/c1-4-8-16(9-5-2)14-7-6-13(11-15)10-12(14)3/h6-7,10H,4-5,8-9,11H2,1-3H3. The summed E-state index contributed by atoms with van der Waals surface area (Å²) in [5.41, 5.74) is 4.14. The van der Waals surface area contributed by atoms with Crippen molar-refractivity contribution in [1.82, 2.24) is 0 Å². The van der Waals surface area contributed by atoms with E-state index in [1.165, 1.54) is 29.7 Å². The van der Waals surface area contributed by atoms with Crippen molar-refractivity contribution >= 4 is 21.6 Å². The second-order valence-electron chi connectivity index (χ2n) is 4.24. The lowest BCUT2D eigenvalue weighted by Crippen LogP contribution is -2.25. The number of anilines is 1. The maximum absolute atomic E-state index is 3.50. The van der Waals surface area contributed by atoms with Gasteiger partial charge in [0.25, 0.3) is 0 Å². The van der Waals surface area contributed by atoms with Crippen LogP contribution in [0, 0.1) is 6.92 Å². The highest BCUT2D eigenvalue weighted by Crippen LogP contribution is 2.22. The maximum Gasteiger partial charge on any atom is 0.0396 e. The van der Waals surface area contributed by atoms with Crippen LogP contribution in [0.15, 0.2) is 18.2 Å². The monoisotopic (exact) mass is 283 g/mol. The molecule has 16 heavy (non-hydrogen) atoms. The topological polar surface area (TPSA) is 3.24 Å². The van der Waals surface area contributed by atoms with Crippen LogP contribution in [0.2, 0.25) is 0 Å². The molecule has 0 saturated heterocycles. The summed E-state index contributed by atoms with van der Waals surface area (Å²) in [6, 6.07) is 6.76. The van der Waals surface area contributed by atoms with Crippen LogP contribution in [0.1, 0.15) is 37.8 Å². The van der Waals surface area contributed by atoms with E-state index in [-0.39, 0.29) is 0 Å². The van der Waals surface area contributed by atoms with E-state index < -0.39 is 0 Å². The van der Waals surface area contributed by atoms with Gasteiger partial charge in [-0.25, -0.2) is 0 Å². The van der Waals surface area contributed by atoms with Crippen molar-refractivity contribution in [3.05, 3.63) is 29.3 Å². The van der Waals surface area contributed by atoms with Crippen molar-refractivity contribution in [2.45, 2.75) is 38.9 Å². The maximum atomic E-state index is 3.50. The third-order valence-electron chi connectivity index (χ3n) is 2.74. The van der Waals surface area contributed by atoms with Gasteiger partial charge < -0.3 is 4.90 Å². The third kappa shape index (κ3) is 3.51. The van der Waals surface area contributed by atoms with E-state index in [1.54, 1.807) is 0 Å². The molecule has 0 aromatic heterocycles. The Kier molecular flexibility index (Phi) is 5.89. The highest BCUT2D eigenvalue weighted by Gasteiger charge is 2.07. The van der Waals surface area contributed by atoms with Gasteiger partial charge in [0.2, 0.25) is 0 Å². The number of halogens is 1. The van der Waals surface area contributed by atoms with E-state index in [0.29, 0.717) is 0 Å². The summed E-state index contributed by atoms with van der Waals surface area (Å²) < 4.78 is 0. The molecule has 0 unspecified atom stereocenters. The number of alkyl halides is 1. The van der Waals surface area contributed by atoms with E-state index in [4.69, 9.17) is 0 Å². The number of benzene rings is 1. The van der Waals surface area contributed by atoms with Crippen molar-refractivity contribution < 1.29 is 0 Å². The molecule has 0 atom stereocenters. The highest BCUT2D eigenvalue weighted by atomic mass is 79.9. The minimum atomic E-state index is 0.940. The van der Waals surface area contributed by atoms with Crippen molar-refractivity contribution in [3.8, 4) is 0 Å². The van der Waals surface area contributed by atoms with E-state index in [1.807, 2.05) is 0 Å². The van der Waals surface area contributed by atoms with Gasteiger partial charge in [-0.2, -0.15) is 0 Å². The Morgan fingerprint density at radius 3 is 2.19 bits per heavy atom. The average Bonchev–Trinajstić information content (AvgIpc) is 2.29. The van der Waals surface area contributed by atoms with Crippen LogP contribution in [0.3, 0.4) is 0 Å². The predicted molar refractivity (Wildman–Crippen MR) is 76.6 cm³/mol. The Bertz CT molecular complexity index is 317. The Morgan fingerprint density at radius 1 is 1.12 bits per heavy atom. The van der Waals surface area contributed by atoms with Gasteiger partial charge in [0.15, 0.2) is 0 Å². The molecule has 2 heteroatoms. The SMILES string of the molecule is CCCN(CCC)c1ccc(CBr)cc1C. The first kappa shape index (κ1) is 13.6. The van der Waals surface area contributed by atoms with Crippen LogP contribution in [0.25, 0.3) is 0 Å². The van der Waals surface area contributed by atoms with Gasteiger partial charge in [0, 0.05) is 24.1 Å². The molecule has 0 fully saturated rings. The van der Waals surface area contributed by atoms with E-state index in [2.05, 4.69) is 59.8 Å². The molecule has 0 N–H and O–H groups in total. The number of rotatable bonds is 6. The summed E-state index contributed by atoms with van der Waals surface area (Å²) in [6.07, 6.45) is 2.42. The summed E-state index contributed by atoms with van der Waals surface area (Å²) in [5.74, 6) is 0. The first-order chi connectivity index (χ1) is 7.72. The molecule has 1 nitrogen and oxygen atoms in total. The second kappa shape index (κ2) is 6.95. The fraction of sp³-hybridized carbons (Fsp3) is 0.571. The smallest absolute Gasteiger partial charge is 0.0396 e. The molecule has 1 rings (SSSR count). The molecule has 0 saturated carbocycles. The zero-order valence-corrected chi connectivity index (χ0v) is 12.2. The molecular weight excluding hydrogens is 262 g/mol. The summed E-state index contributed by atoms with van der Waals surface area (Å²) >= 11 is 3.50. The summed E-state index contributed by atoms with van der Waals surface area (Å²) in [5, 5.41) is 0.940. The summed E-state index contributed by atoms with van der Waals surface area (Å²) in [4.78, 5) is 2.49. The van der Waals surface area contributed by atoms with E-state index >= 15 is 0 Å². The van der Waals surface area contributed by atoms with Crippen LogP contribution < -0.4 is 4.90 Å². The fourth-order valence-electron chi connectivity index (χ4n) is 2.05. The quantitative estimate of drug-likeness (QED) is 0.694. The van der Waals surface area contributed by atoms with E-state index in [9.17, 15) is 0 Å². The molecular formula is C14H22BrN. The first-order valence-corrected chi connectivity index (χ1v) is 7.25. The molecule has 1 aromatic rings. The second-order valence-corrected chi connectivity index (χ2v) is 4.80. The molecule has 0 spiro atoms. The Labute approximate surface area is 108 Å². The number of hydrogen-bond donors (Lipinski definition) is 0. The average molecular weight is 284 g/mol. The van der Waals surface area contributed by atoms with Gasteiger partial charge in [0.1, 0.15) is 0 Å². The molecule has 0 bridgehead atoms. The minimum Gasteiger partial charge on any atom is -0.371 e. The van der Waals surface area contributed by atoms with Gasteiger partial charge >= 0.3 is 0 Å².